The maximum atomic E-state index is 13.0. The van der Waals surface area contributed by atoms with E-state index in [1.807, 2.05) is 18.2 Å². The van der Waals surface area contributed by atoms with Crippen molar-refractivity contribution in [3.8, 4) is 0 Å². The zero-order chi connectivity index (χ0) is 19.0. The van der Waals surface area contributed by atoms with E-state index in [4.69, 9.17) is 0 Å². The molecule has 0 spiro atoms. The minimum atomic E-state index is -3.55. The third-order valence-electron chi connectivity index (χ3n) is 5.36. The number of amides is 1. The molecule has 4 rings (SSSR count). The van der Waals surface area contributed by atoms with Crippen molar-refractivity contribution in [1.82, 2.24) is 9.21 Å². The second kappa shape index (κ2) is 7.07. The van der Waals surface area contributed by atoms with Gasteiger partial charge in [-0.05, 0) is 36.2 Å². The standard InChI is InChI=1S/C20H23N3O3S/c1-15-18-13-17(7-8-19(18)21-20(15)24)27(25,26)23-11-9-22(10-12-23)14-16-5-3-2-4-6-16/h2-8,13,15H,9-12,14H2,1H3,(H,21,24)/t15-/m0/s1. The summed E-state index contributed by atoms with van der Waals surface area (Å²) in [6, 6.07) is 15.1. The summed E-state index contributed by atoms with van der Waals surface area (Å²) in [7, 11) is -3.55. The molecule has 0 aliphatic carbocycles. The molecule has 0 bridgehead atoms. The van der Waals surface area contributed by atoms with E-state index < -0.39 is 10.0 Å². The van der Waals surface area contributed by atoms with Gasteiger partial charge >= 0.3 is 0 Å². The minimum absolute atomic E-state index is 0.0888. The predicted molar refractivity (Wildman–Crippen MR) is 104 cm³/mol. The molecule has 6 nitrogen and oxygen atoms in total. The van der Waals surface area contributed by atoms with Crippen molar-refractivity contribution in [2.24, 2.45) is 0 Å². The van der Waals surface area contributed by atoms with Crippen LogP contribution in [0.3, 0.4) is 0 Å². The smallest absolute Gasteiger partial charge is 0.243 e. The van der Waals surface area contributed by atoms with Gasteiger partial charge < -0.3 is 5.32 Å². The summed E-state index contributed by atoms with van der Waals surface area (Å²) < 4.78 is 27.6. The van der Waals surface area contributed by atoms with E-state index in [1.165, 1.54) is 5.56 Å². The highest BCUT2D eigenvalue weighted by molar-refractivity contribution is 7.89. The van der Waals surface area contributed by atoms with Gasteiger partial charge in [0.2, 0.25) is 15.9 Å². The molecule has 27 heavy (non-hydrogen) atoms. The van der Waals surface area contributed by atoms with Gasteiger partial charge in [0.1, 0.15) is 0 Å². The number of hydrogen-bond acceptors (Lipinski definition) is 4. The van der Waals surface area contributed by atoms with Gasteiger partial charge in [0.15, 0.2) is 0 Å². The van der Waals surface area contributed by atoms with E-state index in [-0.39, 0.29) is 16.7 Å². The molecule has 1 N–H and O–H groups in total. The Kier molecular flexibility index (Phi) is 4.75. The number of benzene rings is 2. The van der Waals surface area contributed by atoms with Gasteiger partial charge in [0.05, 0.1) is 10.8 Å². The number of sulfonamides is 1. The van der Waals surface area contributed by atoms with Gasteiger partial charge in [0.25, 0.3) is 0 Å². The lowest BCUT2D eigenvalue weighted by atomic mass is 10.0. The molecule has 2 aliphatic rings. The SMILES string of the molecule is C[C@@H]1C(=O)Nc2ccc(S(=O)(=O)N3CCN(Cc4ccccc4)CC3)cc21. The molecule has 0 radical (unpaired) electrons. The first kappa shape index (κ1) is 18.2. The van der Waals surface area contributed by atoms with Crippen molar-refractivity contribution in [3.05, 3.63) is 59.7 Å². The summed E-state index contributed by atoms with van der Waals surface area (Å²) in [5, 5.41) is 2.78. The van der Waals surface area contributed by atoms with Crippen molar-refractivity contribution in [3.63, 3.8) is 0 Å². The summed E-state index contributed by atoms with van der Waals surface area (Å²) >= 11 is 0. The molecule has 0 unspecified atom stereocenters. The molecule has 2 aliphatic heterocycles. The van der Waals surface area contributed by atoms with Crippen LogP contribution in [0.1, 0.15) is 24.0 Å². The quantitative estimate of drug-likeness (QED) is 0.876. The summed E-state index contributed by atoms with van der Waals surface area (Å²) in [4.78, 5) is 14.3. The minimum Gasteiger partial charge on any atom is -0.325 e. The normalized spacial score (nSPS) is 21.1. The highest BCUT2D eigenvalue weighted by Gasteiger charge is 2.32. The van der Waals surface area contributed by atoms with Crippen LogP contribution in [-0.4, -0.2) is 49.7 Å². The second-order valence-corrected chi connectivity index (χ2v) is 9.06. The zero-order valence-electron chi connectivity index (χ0n) is 15.3. The topological polar surface area (TPSA) is 69.7 Å². The van der Waals surface area contributed by atoms with Crippen LogP contribution in [-0.2, 0) is 21.4 Å². The largest absolute Gasteiger partial charge is 0.325 e. The van der Waals surface area contributed by atoms with Crippen molar-refractivity contribution >= 4 is 21.6 Å². The Bertz CT molecular complexity index is 952. The predicted octanol–water partition coefficient (Wildman–Crippen LogP) is 2.25. The number of anilines is 1. The summed E-state index contributed by atoms with van der Waals surface area (Å²) in [5.74, 6) is -0.410. The Morgan fingerprint density at radius 2 is 1.74 bits per heavy atom. The Morgan fingerprint density at radius 3 is 2.44 bits per heavy atom. The number of rotatable bonds is 4. The van der Waals surface area contributed by atoms with Crippen LogP contribution in [0.15, 0.2) is 53.4 Å². The Balaban J connectivity index is 1.46. The first-order valence-corrected chi connectivity index (χ1v) is 10.6. The fourth-order valence-electron chi connectivity index (χ4n) is 3.67. The molecule has 1 fully saturated rings. The first-order valence-electron chi connectivity index (χ1n) is 9.16. The number of nitrogens with one attached hydrogen (secondary N) is 1. The maximum absolute atomic E-state index is 13.0. The van der Waals surface area contributed by atoms with Gasteiger partial charge in [-0.3, -0.25) is 9.69 Å². The molecule has 2 aromatic carbocycles. The monoisotopic (exact) mass is 385 g/mol. The number of fused-ring (bicyclic) bond motifs is 1. The van der Waals surface area contributed by atoms with E-state index in [0.717, 1.165) is 12.1 Å². The van der Waals surface area contributed by atoms with Gasteiger partial charge in [-0.15, -0.1) is 0 Å². The van der Waals surface area contributed by atoms with E-state index in [1.54, 1.807) is 29.4 Å². The molecule has 2 heterocycles. The van der Waals surface area contributed by atoms with Gasteiger partial charge in [0, 0.05) is 38.4 Å². The van der Waals surface area contributed by atoms with Crippen molar-refractivity contribution < 1.29 is 13.2 Å². The summed E-state index contributed by atoms with van der Waals surface area (Å²) in [5.41, 5.74) is 2.70. The van der Waals surface area contributed by atoms with E-state index in [0.29, 0.717) is 31.9 Å². The number of carbonyl (C=O) groups is 1. The molecule has 1 amide bonds. The summed E-state index contributed by atoms with van der Waals surface area (Å²) in [6.07, 6.45) is 0. The molecular weight excluding hydrogens is 362 g/mol. The van der Waals surface area contributed by atoms with Crippen LogP contribution in [0.2, 0.25) is 0 Å². The third kappa shape index (κ3) is 3.50. The van der Waals surface area contributed by atoms with Gasteiger partial charge in [-0.25, -0.2) is 8.42 Å². The van der Waals surface area contributed by atoms with E-state index in [9.17, 15) is 13.2 Å². The Morgan fingerprint density at radius 1 is 1.04 bits per heavy atom. The number of piperazine rings is 1. The average Bonchev–Trinajstić information content (AvgIpc) is 2.97. The Labute approximate surface area is 159 Å². The van der Waals surface area contributed by atoms with Crippen molar-refractivity contribution in [1.29, 1.82) is 0 Å². The molecule has 2 aromatic rings. The molecule has 0 aromatic heterocycles. The van der Waals surface area contributed by atoms with E-state index in [2.05, 4.69) is 22.3 Å². The van der Waals surface area contributed by atoms with Crippen LogP contribution in [0.25, 0.3) is 0 Å². The van der Waals surface area contributed by atoms with Gasteiger partial charge in [-0.2, -0.15) is 4.31 Å². The molecule has 142 valence electrons. The maximum Gasteiger partial charge on any atom is 0.243 e. The molecular formula is C20H23N3O3S. The van der Waals surface area contributed by atoms with Crippen LogP contribution >= 0.6 is 0 Å². The molecule has 7 heteroatoms. The highest BCUT2D eigenvalue weighted by Crippen LogP contribution is 2.34. The van der Waals surface area contributed by atoms with Crippen LogP contribution < -0.4 is 5.32 Å². The lowest BCUT2D eigenvalue weighted by molar-refractivity contribution is -0.116. The fraction of sp³-hybridized carbons (Fsp3) is 0.350. The number of nitrogens with zero attached hydrogens (tertiary/aromatic N) is 2. The fourth-order valence-corrected chi connectivity index (χ4v) is 5.13. The zero-order valence-corrected chi connectivity index (χ0v) is 16.1. The molecule has 1 atom stereocenters. The molecule has 1 saturated heterocycles. The number of hydrogen-bond donors (Lipinski definition) is 1. The van der Waals surface area contributed by atoms with Crippen LogP contribution in [0.4, 0.5) is 5.69 Å². The van der Waals surface area contributed by atoms with Crippen LogP contribution in [0.5, 0.6) is 0 Å². The average molecular weight is 385 g/mol. The Hall–Kier alpha value is -2.22. The van der Waals surface area contributed by atoms with Crippen LogP contribution in [0, 0.1) is 0 Å². The van der Waals surface area contributed by atoms with Gasteiger partial charge in [-0.1, -0.05) is 30.3 Å². The van der Waals surface area contributed by atoms with Crippen molar-refractivity contribution in [2.45, 2.75) is 24.3 Å². The third-order valence-corrected chi connectivity index (χ3v) is 7.25. The lowest BCUT2D eigenvalue weighted by Crippen LogP contribution is -2.48. The first-order chi connectivity index (χ1) is 12.9. The van der Waals surface area contributed by atoms with E-state index >= 15 is 0 Å². The van der Waals surface area contributed by atoms with Crippen molar-refractivity contribution in [2.75, 3.05) is 31.5 Å². The second-order valence-electron chi connectivity index (χ2n) is 7.13. The summed E-state index contributed by atoms with van der Waals surface area (Å²) in [6.45, 7) is 4.97. The number of carbonyl (C=O) groups excluding carboxylic acids is 1. The lowest BCUT2D eigenvalue weighted by Gasteiger charge is -2.34. The highest BCUT2D eigenvalue weighted by atomic mass is 32.2. The molecule has 0 saturated carbocycles.